The fourth-order valence-corrected chi connectivity index (χ4v) is 3.99. The fourth-order valence-electron chi connectivity index (χ4n) is 3.59. The van der Waals surface area contributed by atoms with Crippen LogP contribution >= 0.6 is 15.9 Å². The number of alkyl halides is 1. The Morgan fingerprint density at radius 2 is 1.47 bits per heavy atom. The van der Waals surface area contributed by atoms with E-state index in [1.54, 1.807) is 0 Å². The van der Waals surface area contributed by atoms with Gasteiger partial charge in [0.15, 0.2) is 0 Å². The van der Waals surface area contributed by atoms with Crippen LogP contribution < -0.4 is 0 Å². The van der Waals surface area contributed by atoms with E-state index in [0.717, 1.165) is 52.8 Å². The van der Waals surface area contributed by atoms with E-state index in [1.165, 1.54) is 36.0 Å². The summed E-state index contributed by atoms with van der Waals surface area (Å²) in [5.41, 5.74) is 6.99. The summed E-state index contributed by atoms with van der Waals surface area (Å²) in [7, 11) is 0. The summed E-state index contributed by atoms with van der Waals surface area (Å²) in [6.45, 7) is 6.46. The van der Waals surface area contributed by atoms with E-state index in [1.807, 2.05) is 0 Å². The quantitative estimate of drug-likeness (QED) is 0.187. The Bertz CT molecular complexity index is 998. The van der Waals surface area contributed by atoms with Gasteiger partial charge < -0.3 is 4.42 Å². The third kappa shape index (κ3) is 5.89. The zero-order chi connectivity index (χ0) is 21.3. The van der Waals surface area contributed by atoms with Gasteiger partial charge in [-0.25, -0.2) is 0 Å². The molecule has 2 aromatic carbocycles. The summed E-state index contributed by atoms with van der Waals surface area (Å²) in [6.07, 6.45) is 6.72. The van der Waals surface area contributed by atoms with Crippen LogP contribution in [0.25, 0.3) is 11.3 Å². The molecule has 0 atom stereocenters. The molecule has 2 heteroatoms. The third-order valence-electron chi connectivity index (χ3n) is 5.38. The van der Waals surface area contributed by atoms with Gasteiger partial charge in [-0.15, -0.1) is 0 Å². The van der Waals surface area contributed by atoms with Crippen LogP contribution in [0.2, 0.25) is 0 Å². The Hall–Kier alpha value is -2.24. The Morgan fingerprint density at radius 1 is 0.800 bits per heavy atom. The van der Waals surface area contributed by atoms with Crippen LogP contribution in [0.1, 0.15) is 66.2 Å². The molecule has 1 nitrogen and oxygen atoms in total. The molecule has 0 saturated carbocycles. The number of rotatable bonds is 8. The zero-order valence-electron chi connectivity index (χ0n) is 18.4. The van der Waals surface area contributed by atoms with Gasteiger partial charge in [0.05, 0.1) is 5.56 Å². The van der Waals surface area contributed by atoms with Gasteiger partial charge in [0.1, 0.15) is 11.5 Å². The van der Waals surface area contributed by atoms with Crippen molar-refractivity contribution in [3.8, 4) is 23.2 Å². The van der Waals surface area contributed by atoms with E-state index >= 15 is 0 Å². The number of aryl methyl sites for hydroxylation is 3. The maximum Gasteiger partial charge on any atom is 0.138 e. The highest BCUT2D eigenvalue weighted by molar-refractivity contribution is 9.09. The van der Waals surface area contributed by atoms with Gasteiger partial charge in [-0.1, -0.05) is 101 Å². The lowest BCUT2D eigenvalue weighted by molar-refractivity contribution is 0.503. The molecule has 0 saturated heterocycles. The molecule has 3 aromatic rings. The molecule has 0 amide bonds. The second kappa shape index (κ2) is 11.2. The highest BCUT2D eigenvalue weighted by Crippen LogP contribution is 2.33. The molecule has 0 N–H and O–H groups in total. The summed E-state index contributed by atoms with van der Waals surface area (Å²) < 4.78 is 6.49. The average Bonchev–Trinajstić information content (AvgIpc) is 3.09. The minimum Gasteiger partial charge on any atom is -0.459 e. The fraction of sp³-hybridized carbons (Fsp3) is 0.357. The van der Waals surface area contributed by atoms with Crippen molar-refractivity contribution in [1.82, 2.24) is 0 Å². The molecule has 0 unspecified atom stereocenters. The molecule has 0 aliphatic rings. The van der Waals surface area contributed by atoms with Gasteiger partial charge in [0, 0.05) is 28.4 Å². The van der Waals surface area contributed by atoms with Crippen LogP contribution in [-0.4, -0.2) is 5.33 Å². The van der Waals surface area contributed by atoms with Crippen LogP contribution in [0.4, 0.5) is 0 Å². The van der Waals surface area contributed by atoms with E-state index in [2.05, 4.69) is 97.1 Å². The second-order valence-corrected chi connectivity index (χ2v) is 8.73. The normalized spacial score (nSPS) is 10.7. The molecule has 30 heavy (non-hydrogen) atoms. The number of hydrogen-bond acceptors (Lipinski definition) is 1. The molecule has 0 aliphatic heterocycles. The van der Waals surface area contributed by atoms with Crippen molar-refractivity contribution in [1.29, 1.82) is 0 Å². The van der Waals surface area contributed by atoms with Crippen molar-refractivity contribution < 1.29 is 4.42 Å². The first kappa shape index (κ1) is 22.4. The van der Waals surface area contributed by atoms with E-state index in [4.69, 9.17) is 4.42 Å². The average molecular weight is 463 g/mol. The Labute approximate surface area is 190 Å². The predicted octanol–water partition coefficient (Wildman–Crippen LogP) is 8.02. The summed E-state index contributed by atoms with van der Waals surface area (Å²) in [5.74, 6) is 8.88. The summed E-state index contributed by atoms with van der Waals surface area (Å²) in [5, 5.41) is 0.889. The molecular weight excluding hydrogens is 432 g/mol. The first-order valence-corrected chi connectivity index (χ1v) is 12.1. The van der Waals surface area contributed by atoms with Gasteiger partial charge in [-0.3, -0.25) is 0 Å². The first-order chi connectivity index (χ1) is 14.6. The van der Waals surface area contributed by atoms with E-state index < -0.39 is 0 Å². The summed E-state index contributed by atoms with van der Waals surface area (Å²) in [4.78, 5) is 0. The lowest BCUT2D eigenvalue weighted by atomic mass is 9.99. The second-order valence-electron chi connectivity index (χ2n) is 7.94. The van der Waals surface area contributed by atoms with Crippen molar-refractivity contribution in [2.45, 2.75) is 59.3 Å². The number of benzene rings is 2. The van der Waals surface area contributed by atoms with Gasteiger partial charge in [0.25, 0.3) is 0 Å². The zero-order valence-corrected chi connectivity index (χ0v) is 19.9. The lowest BCUT2D eigenvalue weighted by Gasteiger charge is -2.02. The molecule has 1 heterocycles. The van der Waals surface area contributed by atoms with E-state index in [-0.39, 0.29) is 0 Å². The summed E-state index contributed by atoms with van der Waals surface area (Å²) in [6, 6.07) is 17.0. The minimum absolute atomic E-state index is 0.889. The maximum absolute atomic E-state index is 6.49. The number of unbranched alkanes of at least 4 members (excludes halogenated alkanes) is 3. The van der Waals surface area contributed by atoms with Crippen LogP contribution in [0.15, 0.2) is 52.9 Å². The Balaban J connectivity index is 2.03. The SMILES string of the molecule is CCCCCCc1oc(-c2ccc(C)cc2)c(CCBr)c1C#Cc1ccc(C)cc1. The third-order valence-corrected chi connectivity index (χ3v) is 5.78. The Morgan fingerprint density at radius 3 is 2.10 bits per heavy atom. The van der Waals surface area contributed by atoms with Crippen molar-refractivity contribution in [3.63, 3.8) is 0 Å². The molecule has 0 radical (unpaired) electrons. The van der Waals surface area contributed by atoms with Crippen molar-refractivity contribution in [2.75, 3.05) is 5.33 Å². The summed E-state index contributed by atoms with van der Waals surface area (Å²) >= 11 is 3.64. The van der Waals surface area contributed by atoms with Crippen LogP contribution in [0.3, 0.4) is 0 Å². The number of furan rings is 1. The van der Waals surface area contributed by atoms with E-state index in [0.29, 0.717) is 0 Å². The largest absolute Gasteiger partial charge is 0.459 e. The standard InChI is InChI=1S/C28H31BrO/c1-4-5-6-7-8-27-25(18-15-23-13-9-21(2)10-14-23)26(19-20-29)28(30-27)24-16-11-22(3)12-17-24/h9-14,16-17H,4-8,19-20H2,1-3H3. The molecule has 0 aliphatic carbocycles. The minimum atomic E-state index is 0.889. The smallest absolute Gasteiger partial charge is 0.138 e. The van der Waals surface area contributed by atoms with E-state index in [9.17, 15) is 0 Å². The number of halogens is 1. The van der Waals surface area contributed by atoms with Gasteiger partial charge in [0.2, 0.25) is 0 Å². The molecule has 1 aromatic heterocycles. The molecule has 0 fully saturated rings. The highest BCUT2D eigenvalue weighted by atomic mass is 79.9. The molecule has 0 bridgehead atoms. The topological polar surface area (TPSA) is 13.1 Å². The van der Waals surface area contributed by atoms with Crippen molar-refractivity contribution in [2.24, 2.45) is 0 Å². The van der Waals surface area contributed by atoms with Gasteiger partial charge >= 0.3 is 0 Å². The molecular formula is C28H31BrO. The Kier molecular flexibility index (Phi) is 8.40. The molecule has 3 rings (SSSR count). The van der Waals surface area contributed by atoms with Crippen LogP contribution in [-0.2, 0) is 12.8 Å². The maximum atomic E-state index is 6.49. The first-order valence-electron chi connectivity index (χ1n) is 11.0. The lowest BCUT2D eigenvalue weighted by Crippen LogP contribution is -1.93. The van der Waals surface area contributed by atoms with Gasteiger partial charge in [-0.2, -0.15) is 0 Å². The van der Waals surface area contributed by atoms with Crippen molar-refractivity contribution >= 4 is 15.9 Å². The van der Waals surface area contributed by atoms with Gasteiger partial charge in [-0.05, 0) is 38.8 Å². The van der Waals surface area contributed by atoms with Crippen LogP contribution in [0.5, 0.6) is 0 Å². The van der Waals surface area contributed by atoms with Crippen molar-refractivity contribution in [3.05, 3.63) is 82.1 Å². The molecule has 156 valence electrons. The monoisotopic (exact) mass is 462 g/mol. The number of hydrogen-bond donors (Lipinski definition) is 0. The van der Waals surface area contributed by atoms with Crippen LogP contribution in [0, 0.1) is 25.7 Å². The molecule has 0 spiro atoms. The predicted molar refractivity (Wildman–Crippen MR) is 131 cm³/mol. The highest BCUT2D eigenvalue weighted by Gasteiger charge is 2.19.